The first-order valence-electron chi connectivity index (χ1n) is 9.98. The molecular weight excluding hydrogens is 428 g/mol. The Morgan fingerprint density at radius 3 is 2.81 bits per heavy atom. The highest BCUT2D eigenvalue weighted by atomic mass is 32.2. The van der Waals surface area contributed by atoms with Crippen LogP contribution in [-0.2, 0) is 11.3 Å². The monoisotopic (exact) mass is 450 g/mol. The third kappa shape index (κ3) is 4.80. The molecule has 1 amide bonds. The van der Waals surface area contributed by atoms with Crippen LogP contribution in [0.15, 0.2) is 58.2 Å². The van der Waals surface area contributed by atoms with E-state index in [1.54, 1.807) is 19.2 Å². The Hall–Kier alpha value is -3.66. The quantitative estimate of drug-likeness (QED) is 0.400. The van der Waals surface area contributed by atoms with Gasteiger partial charge < -0.3 is 14.6 Å². The molecule has 0 bridgehead atoms. The van der Waals surface area contributed by atoms with E-state index in [1.165, 1.54) is 11.8 Å². The lowest BCUT2D eigenvalue weighted by Crippen LogP contribution is -2.14. The highest BCUT2D eigenvalue weighted by Gasteiger charge is 2.20. The number of carbonyl (C=O) groups is 1. The molecule has 2 aromatic heterocycles. The van der Waals surface area contributed by atoms with Gasteiger partial charge in [0.25, 0.3) is 5.89 Å². The molecule has 0 atom stereocenters. The maximum absolute atomic E-state index is 12.4. The molecule has 32 heavy (non-hydrogen) atoms. The first kappa shape index (κ1) is 21.6. The minimum Gasteiger partial charge on any atom is -0.497 e. The van der Waals surface area contributed by atoms with Gasteiger partial charge in [-0.3, -0.25) is 9.36 Å². The Labute approximate surface area is 189 Å². The van der Waals surface area contributed by atoms with Gasteiger partial charge in [-0.2, -0.15) is 4.98 Å². The maximum atomic E-state index is 12.4. The summed E-state index contributed by atoms with van der Waals surface area (Å²) in [6, 6.07) is 15.1. The van der Waals surface area contributed by atoms with E-state index in [9.17, 15) is 4.79 Å². The second-order valence-corrected chi connectivity index (χ2v) is 7.85. The van der Waals surface area contributed by atoms with Crippen molar-refractivity contribution in [3.63, 3.8) is 0 Å². The fourth-order valence-corrected chi connectivity index (χ4v) is 3.88. The molecule has 0 saturated heterocycles. The van der Waals surface area contributed by atoms with E-state index in [-0.39, 0.29) is 17.6 Å². The van der Waals surface area contributed by atoms with E-state index in [4.69, 9.17) is 9.26 Å². The molecule has 0 aliphatic rings. The van der Waals surface area contributed by atoms with Crippen molar-refractivity contribution in [2.45, 2.75) is 25.5 Å². The van der Waals surface area contributed by atoms with Gasteiger partial charge in [0, 0.05) is 23.9 Å². The lowest BCUT2D eigenvalue weighted by atomic mass is 10.1. The smallest absolute Gasteiger partial charge is 0.296 e. The third-order valence-electron chi connectivity index (χ3n) is 4.61. The average Bonchev–Trinajstić information content (AvgIpc) is 3.44. The molecule has 10 heteroatoms. The van der Waals surface area contributed by atoms with Crippen LogP contribution in [0, 0.1) is 6.92 Å². The Balaban J connectivity index is 1.46. The normalized spacial score (nSPS) is 10.8. The Morgan fingerprint density at radius 1 is 1.19 bits per heavy atom. The van der Waals surface area contributed by atoms with Crippen molar-refractivity contribution in [1.82, 2.24) is 24.9 Å². The fourth-order valence-electron chi connectivity index (χ4n) is 3.08. The lowest BCUT2D eigenvalue weighted by Gasteiger charge is -2.07. The SMILES string of the molecule is CCn1c(SCC(=O)Nc2cccc(OC)c2)nnc1-c1nc(-c2cccc(C)c2)no1. The number of nitrogens with one attached hydrogen (secondary N) is 1. The van der Waals surface area contributed by atoms with Crippen LogP contribution in [0.4, 0.5) is 5.69 Å². The standard InChI is InChI=1S/C22H22N6O3S/c1-4-28-20(21-24-19(27-31-21)15-8-5-7-14(2)11-15)25-26-22(28)32-13-18(29)23-16-9-6-10-17(12-16)30-3/h5-12H,4,13H2,1-3H3,(H,23,29). The minimum atomic E-state index is -0.157. The van der Waals surface area contributed by atoms with Crippen molar-refractivity contribution in [1.29, 1.82) is 0 Å². The zero-order valence-electron chi connectivity index (χ0n) is 17.9. The van der Waals surface area contributed by atoms with Crippen LogP contribution < -0.4 is 10.1 Å². The van der Waals surface area contributed by atoms with Gasteiger partial charge in [-0.25, -0.2) is 0 Å². The summed E-state index contributed by atoms with van der Waals surface area (Å²) >= 11 is 1.29. The zero-order chi connectivity index (χ0) is 22.5. The number of amides is 1. The van der Waals surface area contributed by atoms with Crippen molar-refractivity contribution in [3.05, 3.63) is 54.1 Å². The molecule has 9 nitrogen and oxygen atoms in total. The van der Waals surface area contributed by atoms with E-state index < -0.39 is 0 Å². The van der Waals surface area contributed by atoms with Crippen LogP contribution in [-0.4, -0.2) is 43.7 Å². The van der Waals surface area contributed by atoms with Crippen LogP contribution in [0.5, 0.6) is 5.75 Å². The largest absolute Gasteiger partial charge is 0.497 e. The molecule has 2 aromatic carbocycles. The second-order valence-electron chi connectivity index (χ2n) is 6.91. The summed E-state index contributed by atoms with van der Waals surface area (Å²) in [5, 5.41) is 16.0. The highest BCUT2D eigenvalue weighted by Crippen LogP contribution is 2.26. The molecule has 0 fully saturated rings. The van der Waals surface area contributed by atoms with Crippen molar-refractivity contribution in [2.24, 2.45) is 0 Å². The molecule has 0 radical (unpaired) electrons. The summed E-state index contributed by atoms with van der Waals surface area (Å²) in [7, 11) is 1.58. The van der Waals surface area contributed by atoms with Gasteiger partial charge >= 0.3 is 0 Å². The molecule has 0 spiro atoms. The number of nitrogens with zero attached hydrogens (tertiary/aromatic N) is 5. The van der Waals surface area contributed by atoms with E-state index in [2.05, 4.69) is 25.7 Å². The zero-order valence-corrected chi connectivity index (χ0v) is 18.7. The van der Waals surface area contributed by atoms with Crippen molar-refractivity contribution in [2.75, 3.05) is 18.2 Å². The van der Waals surface area contributed by atoms with Gasteiger partial charge in [0.2, 0.25) is 17.6 Å². The number of ether oxygens (including phenoxy) is 1. The molecule has 0 aliphatic heterocycles. The van der Waals surface area contributed by atoms with E-state index in [0.29, 0.717) is 34.8 Å². The summed E-state index contributed by atoms with van der Waals surface area (Å²) in [5.41, 5.74) is 2.64. The minimum absolute atomic E-state index is 0.157. The predicted molar refractivity (Wildman–Crippen MR) is 122 cm³/mol. The number of rotatable bonds is 8. The van der Waals surface area contributed by atoms with Gasteiger partial charge in [0.15, 0.2) is 5.16 Å². The number of hydrogen-bond donors (Lipinski definition) is 1. The molecule has 4 aromatic rings. The number of aromatic nitrogens is 5. The van der Waals surface area contributed by atoms with Crippen molar-refractivity contribution < 1.29 is 14.1 Å². The number of methoxy groups -OCH3 is 1. The van der Waals surface area contributed by atoms with Gasteiger partial charge in [-0.05, 0) is 32.0 Å². The van der Waals surface area contributed by atoms with E-state index in [1.807, 2.05) is 54.8 Å². The van der Waals surface area contributed by atoms with Crippen LogP contribution in [0.25, 0.3) is 23.1 Å². The van der Waals surface area contributed by atoms with Gasteiger partial charge in [-0.15, -0.1) is 10.2 Å². The Morgan fingerprint density at radius 2 is 2.03 bits per heavy atom. The van der Waals surface area contributed by atoms with Crippen LogP contribution in [0.1, 0.15) is 12.5 Å². The molecule has 4 rings (SSSR count). The molecule has 2 heterocycles. The van der Waals surface area contributed by atoms with Gasteiger partial charge in [-0.1, -0.05) is 46.7 Å². The molecule has 0 aliphatic carbocycles. The highest BCUT2D eigenvalue weighted by molar-refractivity contribution is 7.99. The maximum Gasteiger partial charge on any atom is 0.296 e. The second kappa shape index (κ2) is 9.65. The van der Waals surface area contributed by atoms with Crippen molar-refractivity contribution in [3.8, 4) is 28.9 Å². The summed E-state index contributed by atoms with van der Waals surface area (Å²) < 4.78 is 12.5. The topological polar surface area (TPSA) is 108 Å². The fraction of sp³-hybridized carbons (Fsp3) is 0.227. The average molecular weight is 451 g/mol. The summed E-state index contributed by atoms with van der Waals surface area (Å²) in [5.74, 6) is 1.93. The number of benzene rings is 2. The number of anilines is 1. The van der Waals surface area contributed by atoms with E-state index >= 15 is 0 Å². The van der Waals surface area contributed by atoms with Crippen LogP contribution in [0.3, 0.4) is 0 Å². The molecule has 164 valence electrons. The van der Waals surface area contributed by atoms with Crippen LogP contribution in [0.2, 0.25) is 0 Å². The summed E-state index contributed by atoms with van der Waals surface area (Å²) in [6.45, 7) is 4.56. The number of hydrogen-bond acceptors (Lipinski definition) is 8. The molecule has 0 saturated carbocycles. The molecule has 1 N–H and O–H groups in total. The molecular formula is C22H22N6O3S. The summed E-state index contributed by atoms with van der Waals surface area (Å²) in [4.78, 5) is 16.9. The summed E-state index contributed by atoms with van der Waals surface area (Å²) in [6.07, 6.45) is 0. The first-order valence-corrected chi connectivity index (χ1v) is 11.0. The number of thioether (sulfide) groups is 1. The molecule has 0 unspecified atom stereocenters. The van der Waals surface area contributed by atoms with Gasteiger partial charge in [0.05, 0.1) is 12.9 Å². The number of carbonyl (C=O) groups excluding carboxylic acids is 1. The van der Waals surface area contributed by atoms with Crippen LogP contribution >= 0.6 is 11.8 Å². The first-order chi connectivity index (χ1) is 15.6. The van der Waals surface area contributed by atoms with Crippen molar-refractivity contribution >= 4 is 23.4 Å². The van der Waals surface area contributed by atoms with E-state index in [0.717, 1.165) is 11.1 Å². The Bertz CT molecular complexity index is 1240. The number of aryl methyl sites for hydroxylation is 1. The predicted octanol–water partition coefficient (Wildman–Crippen LogP) is 4.06. The lowest BCUT2D eigenvalue weighted by molar-refractivity contribution is -0.113. The third-order valence-corrected chi connectivity index (χ3v) is 5.58. The van der Waals surface area contributed by atoms with Gasteiger partial charge in [0.1, 0.15) is 5.75 Å². The Kier molecular flexibility index (Phi) is 6.50.